The van der Waals surface area contributed by atoms with E-state index in [4.69, 9.17) is 0 Å². The third-order valence-electron chi connectivity index (χ3n) is 3.43. The van der Waals surface area contributed by atoms with Gasteiger partial charge in [0.25, 0.3) is 0 Å². The minimum Gasteiger partial charge on any atom is -0.229 e. The van der Waals surface area contributed by atoms with Crippen LogP contribution in [0.15, 0.2) is 0 Å². The summed E-state index contributed by atoms with van der Waals surface area (Å²) in [5, 5.41) is 0. The molecule has 0 aromatic heterocycles. The summed E-state index contributed by atoms with van der Waals surface area (Å²) in [6, 6.07) is 0. The van der Waals surface area contributed by atoms with E-state index >= 15 is 0 Å². The zero-order valence-electron chi connectivity index (χ0n) is 6.29. The van der Waals surface area contributed by atoms with Crippen LogP contribution in [0.25, 0.3) is 0 Å². The molecule has 2 aliphatic rings. The zero-order valence-corrected chi connectivity index (χ0v) is 7.11. The minimum absolute atomic E-state index is 0.235. The Labute approximate surface area is 61.5 Å². The van der Waals surface area contributed by atoms with Crippen LogP contribution in [0.1, 0.15) is 13.8 Å². The van der Waals surface area contributed by atoms with Gasteiger partial charge in [0, 0.05) is 5.41 Å². The molecule has 1 saturated heterocycles. The van der Waals surface area contributed by atoms with Crippen LogP contribution >= 0.6 is 0 Å². The van der Waals surface area contributed by atoms with Crippen molar-refractivity contribution < 1.29 is 8.42 Å². The van der Waals surface area contributed by atoms with Crippen molar-refractivity contribution in [1.82, 2.24) is 0 Å². The van der Waals surface area contributed by atoms with Gasteiger partial charge in [-0.05, 0) is 11.8 Å². The van der Waals surface area contributed by atoms with Gasteiger partial charge in [-0.1, -0.05) is 13.8 Å². The van der Waals surface area contributed by atoms with Crippen molar-refractivity contribution in [3.63, 3.8) is 0 Å². The molecule has 0 radical (unpaired) electrons. The van der Waals surface area contributed by atoms with E-state index in [2.05, 4.69) is 13.8 Å². The first-order valence-electron chi connectivity index (χ1n) is 3.68. The molecule has 0 amide bonds. The highest BCUT2D eigenvalue weighted by atomic mass is 32.2. The topological polar surface area (TPSA) is 34.1 Å². The molecule has 0 N–H and O–H groups in total. The van der Waals surface area contributed by atoms with Crippen LogP contribution < -0.4 is 0 Å². The number of sulfone groups is 1. The first-order valence-corrected chi connectivity index (χ1v) is 5.50. The summed E-state index contributed by atoms with van der Waals surface area (Å²) in [4.78, 5) is 0. The van der Waals surface area contributed by atoms with Crippen LogP contribution in [0.5, 0.6) is 0 Å². The fraction of sp³-hybridized carbons (Fsp3) is 1.00. The highest BCUT2D eigenvalue weighted by Gasteiger charge is 2.68. The van der Waals surface area contributed by atoms with Crippen LogP contribution in [0.2, 0.25) is 0 Å². The molecule has 0 aromatic rings. The normalized spacial score (nSPS) is 46.6. The second-order valence-electron chi connectivity index (χ2n) is 3.84. The zero-order chi connectivity index (χ0) is 7.57. The van der Waals surface area contributed by atoms with Gasteiger partial charge in [0.15, 0.2) is 9.84 Å². The molecule has 0 bridgehead atoms. The lowest BCUT2D eigenvalue weighted by Crippen LogP contribution is -2.40. The molecular formula is C7H12O2S. The van der Waals surface area contributed by atoms with Gasteiger partial charge in [-0.3, -0.25) is 0 Å². The van der Waals surface area contributed by atoms with Crippen molar-refractivity contribution in [1.29, 1.82) is 0 Å². The van der Waals surface area contributed by atoms with Gasteiger partial charge in [-0.2, -0.15) is 0 Å². The van der Waals surface area contributed by atoms with E-state index in [9.17, 15) is 8.42 Å². The van der Waals surface area contributed by atoms with Gasteiger partial charge in [-0.25, -0.2) is 8.42 Å². The highest BCUT2D eigenvalue weighted by molar-refractivity contribution is 7.92. The SMILES string of the molecule is CC1C(C)C12CS(=O)(=O)C2. The molecule has 0 aromatic carbocycles. The van der Waals surface area contributed by atoms with E-state index in [1.807, 2.05) is 0 Å². The molecule has 1 aliphatic heterocycles. The van der Waals surface area contributed by atoms with Gasteiger partial charge in [0.05, 0.1) is 11.5 Å². The van der Waals surface area contributed by atoms with Gasteiger partial charge >= 0.3 is 0 Å². The molecule has 2 rings (SSSR count). The second kappa shape index (κ2) is 1.42. The Kier molecular flexibility index (Phi) is 0.945. The Balaban J connectivity index is 2.17. The molecule has 2 atom stereocenters. The van der Waals surface area contributed by atoms with Crippen molar-refractivity contribution in [2.75, 3.05) is 11.5 Å². The number of hydrogen-bond donors (Lipinski definition) is 0. The molecule has 2 nitrogen and oxygen atoms in total. The van der Waals surface area contributed by atoms with E-state index in [1.165, 1.54) is 0 Å². The molecule has 1 spiro atoms. The quantitative estimate of drug-likeness (QED) is 0.522. The predicted octanol–water partition coefficient (Wildman–Crippen LogP) is 0.687. The molecule has 1 aliphatic carbocycles. The monoisotopic (exact) mass is 160 g/mol. The van der Waals surface area contributed by atoms with Gasteiger partial charge in [0.1, 0.15) is 0 Å². The summed E-state index contributed by atoms with van der Waals surface area (Å²) in [6.45, 7) is 4.30. The van der Waals surface area contributed by atoms with E-state index in [0.717, 1.165) is 0 Å². The summed E-state index contributed by atoms with van der Waals surface area (Å²) in [5.41, 5.74) is 0.235. The Morgan fingerprint density at radius 3 is 1.70 bits per heavy atom. The molecule has 2 fully saturated rings. The Bertz CT molecular complexity index is 243. The third-order valence-corrected chi connectivity index (χ3v) is 5.39. The molecule has 3 heteroatoms. The molecule has 1 saturated carbocycles. The van der Waals surface area contributed by atoms with E-state index < -0.39 is 9.84 Å². The third kappa shape index (κ3) is 0.570. The Morgan fingerprint density at radius 2 is 1.60 bits per heavy atom. The molecule has 2 unspecified atom stereocenters. The van der Waals surface area contributed by atoms with Crippen molar-refractivity contribution in [3.05, 3.63) is 0 Å². The summed E-state index contributed by atoms with van der Waals surface area (Å²) in [7, 11) is -2.59. The molecular weight excluding hydrogens is 148 g/mol. The van der Waals surface area contributed by atoms with E-state index in [0.29, 0.717) is 23.3 Å². The van der Waals surface area contributed by atoms with E-state index in [-0.39, 0.29) is 5.41 Å². The first kappa shape index (κ1) is 6.65. The van der Waals surface area contributed by atoms with Crippen LogP contribution in [0, 0.1) is 17.3 Å². The van der Waals surface area contributed by atoms with Gasteiger partial charge < -0.3 is 0 Å². The summed E-state index contributed by atoms with van der Waals surface area (Å²) >= 11 is 0. The first-order chi connectivity index (χ1) is 4.48. The fourth-order valence-electron chi connectivity index (χ4n) is 2.25. The average Bonchev–Trinajstić information content (AvgIpc) is 2.17. The van der Waals surface area contributed by atoms with Gasteiger partial charge in [0.2, 0.25) is 0 Å². The maximum Gasteiger partial charge on any atom is 0.151 e. The van der Waals surface area contributed by atoms with Crippen LogP contribution in [-0.2, 0) is 9.84 Å². The average molecular weight is 160 g/mol. The summed E-state index contributed by atoms with van der Waals surface area (Å²) in [6.07, 6.45) is 0. The van der Waals surface area contributed by atoms with Crippen molar-refractivity contribution >= 4 is 9.84 Å². The molecule has 1 heterocycles. The maximum atomic E-state index is 10.8. The lowest BCUT2D eigenvalue weighted by molar-refractivity contribution is 0.472. The standard InChI is InChI=1S/C7H12O2S/c1-5-6(2)7(5)3-10(8,9)4-7/h5-6H,3-4H2,1-2H3. The number of hydrogen-bond acceptors (Lipinski definition) is 2. The Morgan fingerprint density at radius 1 is 1.20 bits per heavy atom. The van der Waals surface area contributed by atoms with Crippen molar-refractivity contribution in [2.24, 2.45) is 17.3 Å². The molecule has 58 valence electrons. The van der Waals surface area contributed by atoms with Crippen LogP contribution in [-0.4, -0.2) is 19.9 Å². The smallest absolute Gasteiger partial charge is 0.151 e. The van der Waals surface area contributed by atoms with Crippen molar-refractivity contribution in [3.8, 4) is 0 Å². The highest BCUT2D eigenvalue weighted by Crippen LogP contribution is 2.64. The van der Waals surface area contributed by atoms with Gasteiger partial charge in [-0.15, -0.1) is 0 Å². The Hall–Kier alpha value is -0.0500. The largest absolute Gasteiger partial charge is 0.229 e. The summed E-state index contributed by atoms with van der Waals surface area (Å²) < 4.78 is 21.7. The summed E-state index contributed by atoms with van der Waals surface area (Å²) in [5.74, 6) is 2.22. The van der Waals surface area contributed by atoms with E-state index in [1.54, 1.807) is 0 Å². The fourth-order valence-corrected chi connectivity index (χ4v) is 4.86. The van der Waals surface area contributed by atoms with Crippen LogP contribution in [0.4, 0.5) is 0 Å². The number of rotatable bonds is 0. The minimum atomic E-state index is -2.59. The lowest BCUT2D eigenvalue weighted by atomic mass is 10.1. The second-order valence-corrected chi connectivity index (χ2v) is 5.91. The lowest BCUT2D eigenvalue weighted by Gasteiger charge is -2.27. The predicted molar refractivity (Wildman–Crippen MR) is 39.4 cm³/mol. The van der Waals surface area contributed by atoms with Crippen LogP contribution in [0.3, 0.4) is 0 Å². The van der Waals surface area contributed by atoms with Crippen molar-refractivity contribution in [2.45, 2.75) is 13.8 Å². The maximum absolute atomic E-state index is 10.8. The molecule has 10 heavy (non-hydrogen) atoms.